The first kappa shape index (κ1) is 14.7. The van der Waals surface area contributed by atoms with Crippen LogP contribution in [0.25, 0.3) is 11.0 Å². The number of amides is 1. The third kappa shape index (κ3) is 3.15. The molecule has 4 heteroatoms. The fraction of sp³-hybridized carbons (Fsp3) is 0.167. The van der Waals surface area contributed by atoms with Crippen molar-refractivity contribution in [1.82, 2.24) is 5.32 Å². The maximum Gasteiger partial charge on any atom is 0.225 e. The maximum absolute atomic E-state index is 12.2. The summed E-state index contributed by atoms with van der Waals surface area (Å²) in [5, 5.41) is 4.58. The number of rotatable bonds is 4. The third-order valence-electron chi connectivity index (χ3n) is 3.56. The van der Waals surface area contributed by atoms with E-state index < -0.39 is 0 Å². The number of carbonyl (C=O) groups excluding carboxylic acids is 1. The van der Waals surface area contributed by atoms with Gasteiger partial charge in [-0.3, -0.25) is 4.79 Å². The topological polar surface area (TPSA) is 42.2 Å². The summed E-state index contributed by atoms with van der Waals surface area (Å²) in [5.74, 6) is 0.662. The van der Waals surface area contributed by atoms with E-state index in [4.69, 9.17) is 16.0 Å². The second kappa shape index (κ2) is 6.24. The average molecular weight is 314 g/mol. The van der Waals surface area contributed by atoms with Crippen molar-refractivity contribution in [2.75, 3.05) is 0 Å². The van der Waals surface area contributed by atoms with Crippen LogP contribution in [0.3, 0.4) is 0 Å². The Morgan fingerprint density at radius 2 is 1.91 bits per heavy atom. The van der Waals surface area contributed by atoms with Gasteiger partial charge in [0.05, 0.1) is 12.5 Å². The minimum absolute atomic E-state index is 0.0824. The molecule has 1 N–H and O–H groups in total. The predicted molar refractivity (Wildman–Crippen MR) is 87.9 cm³/mol. The lowest BCUT2D eigenvalue weighted by Gasteiger charge is -2.11. The normalized spacial score (nSPS) is 12.3. The van der Waals surface area contributed by atoms with Gasteiger partial charge in [-0.1, -0.05) is 48.0 Å². The molecule has 0 aliphatic carbocycles. The third-order valence-corrected chi connectivity index (χ3v) is 3.93. The molecule has 0 saturated carbocycles. The van der Waals surface area contributed by atoms with Gasteiger partial charge in [0.1, 0.15) is 11.3 Å². The Balaban J connectivity index is 1.69. The van der Waals surface area contributed by atoms with E-state index in [1.54, 1.807) is 6.07 Å². The number of fused-ring (bicyclic) bond motifs is 1. The first-order valence-electron chi connectivity index (χ1n) is 7.15. The highest BCUT2D eigenvalue weighted by molar-refractivity contribution is 6.31. The Morgan fingerprint density at radius 3 is 2.68 bits per heavy atom. The SMILES string of the molecule is C[C@@H](NC(=O)Cc1ccccc1Cl)c1cc2ccccc2o1. The minimum Gasteiger partial charge on any atom is -0.459 e. The van der Waals surface area contributed by atoms with Crippen molar-refractivity contribution in [2.45, 2.75) is 19.4 Å². The van der Waals surface area contributed by atoms with Crippen molar-refractivity contribution in [3.8, 4) is 0 Å². The van der Waals surface area contributed by atoms with Gasteiger partial charge in [0.15, 0.2) is 0 Å². The van der Waals surface area contributed by atoms with Crippen LogP contribution in [0.2, 0.25) is 5.02 Å². The summed E-state index contributed by atoms with van der Waals surface area (Å²) in [5.41, 5.74) is 1.64. The highest BCUT2D eigenvalue weighted by Crippen LogP contribution is 2.23. The molecule has 1 heterocycles. The minimum atomic E-state index is -0.192. The second-order valence-corrected chi connectivity index (χ2v) is 5.65. The van der Waals surface area contributed by atoms with Crippen molar-refractivity contribution in [2.24, 2.45) is 0 Å². The average Bonchev–Trinajstić information content (AvgIpc) is 2.93. The number of nitrogens with one attached hydrogen (secondary N) is 1. The van der Waals surface area contributed by atoms with Crippen LogP contribution in [-0.2, 0) is 11.2 Å². The molecule has 1 atom stereocenters. The van der Waals surface area contributed by atoms with Gasteiger partial charge in [-0.2, -0.15) is 0 Å². The molecule has 0 saturated heterocycles. The van der Waals surface area contributed by atoms with Crippen molar-refractivity contribution in [3.63, 3.8) is 0 Å². The van der Waals surface area contributed by atoms with Crippen molar-refractivity contribution in [3.05, 3.63) is 70.9 Å². The molecular weight excluding hydrogens is 298 g/mol. The summed E-state index contributed by atoms with van der Waals surface area (Å²) in [7, 11) is 0. The molecule has 22 heavy (non-hydrogen) atoms. The summed E-state index contributed by atoms with van der Waals surface area (Å²) in [6.45, 7) is 1.90. The summed E-state index contributed by atoms with van der Waals surface area (Å²) < 4.78 is 5.76. The van der Waals surface area contributed by atoms with Gasteiger partial charge >= 0.3 is 0 Å². The number of para-hydroxylation sites is 1. The summed E-state index contributed by atoms with van der Waals surface area (Å²) in [6, 6.07) is 16.9. The fourth-order valence-corrected chi connectivity index (χ4v) is 2.60. The molecule has 1 aromatic heterocycles. The monoisotopic (exact) mass is 313 g/mol. The fourth-order valence-electron chi connectivity index (χ4n) is 2.39. The van der Waals surface area contributed by atoms with Gasteiger partial charge in [-0.15, -0.1) is 0 Å². The van der Waals surface area contributed by atoms with Crippen LogP contribution in [-0.4, -0.2) is 5.91 Å². The molecular formula is C18H16ClNO2. The Labute approximate surface area is 133 Å². The van der Waals surface area contributed by atoms with Gasteiger partial charge in [0.2, 0.25) is 5.91 Å². The van der Waals surface area contributed by atoms with Gasteiger partial charge in [-0.25, -0.2) is 0 Å². The predicted octanol–water partition coefficient (Wildman–Crippen LogP) is 4.51. The van der Waals surface area contributed by atoms with Gasteiger partial charge in [0, 0.05) is 10.4 Å². The number of hydrogen-bond acceptors (Lipinski definition) is 2. The van der Waals surface area contributed by atoms with E-state index in [2.05, 4.69) is 5.32 Å². The van der Waals surface area contributed by atoms with Crippen molar-refractivity contribution in [1.29, 1.82) is 0 Å². The van der Waals surface area contributed by atoms with E-state index in [1.165, 1.54) is 0 Å². The number of carbonyl (C=O) groups is 1. The molecule has 3 nitrogen and oxygen atoms in total. The molecule has 0 bridgehead atoms. The largest absolute Gasteiger partial charge is 0.459 e. The summed E-state index contributed by atoms with van der Waals surface area (Å²) >= 11 is 6.08. The zero-order chi connectivity index (χ0) is 15.5. The number of benzene rings is 2. The highest BCUT2D eigenvalue weighted by Gasteiger charge is 2.15. The van der Waals surface area contributed by atoms with E-state index in [0.29, 0.717) is 5.02 Å². The Kier molecular flexibility index (Phi) is 4.16. The van der Waals surface area contributed by atoms with Crippen LogP contribution in [0, 0.1) is 0 Å². The molecule has 0 unspecified atom stereocenters. The lowest BCUT2D eigenvalue weighted by atomic mass is 10.1. The molecule has 112 valence electrons. The van der Waals surface area contributed by atoms with E-state index in [9.17, 15) is 4.79 Å². The van der Waals surface area contributed by atoms with E-state index >= 15 is 0 Å². The number of halogens is 1. The van der Waals surface area contributed by atoms with Crippen molar-refractivity contribution < 1.29 is 9.21 Å². The van der Waals surface area contributed by atoms with Gasteiger partial charge < -0.3 is 9.73 Å². The number of hydrogen-bond donors (Lipinski definition) is 1. The van der Waals surface area contributed by atoms with Crippen LogP contribution < -0.4 is 5.32 Å². The van der Waals surface area contributed by atoms with Crippen LogP contribution >= 0.6 is 11.6 Å². The van der Waals surface area contributed by atoms with Crippen LogP contribution in [0.15, 0.2) is 59.0 Å². The first-order chi connectivity index (χ1) is 10.6. The number of furan rings is 1. The highest BCUT2D eigenvalue weighted by atomic mass is 35.5. The van der Waals surface area contributed by atoms with E-state index in [1.807, 2.05) is 55.5 Å². The Bertz CT molecular complexity index is 776. The van der Waals surface area contributed by atoms with Crippen LogP contribution in [0.1, 0.15) is 24.3 Å². The van der Waals surface area contributed by atoms with E-state index in [-0.39, 0.29) is 18.4 Å². The lowest BCUT2D eigenvalue weighted by Crippen LogP contribution is -2.27. The summed E-state index contributed by atoms with van der Waals surface area (Å²) in [4.78, 5) is 12.2. The molecule has 0 spiro atoms. The molecule has 0 fully saturated rings. The molecule has 3 aromatic rings. The lowest BCUT2D eigenvalue weighted by molar-refractivity contribution is -0.121. The maximum atomic E-state index is 12.2. The van der Waals surface area contributed by atoms with Crippen molar-refractivity contribution >= 4 is 28.5 Å². The standard InChI is InChI=1S/C18H16ClNO2/c1-12(17-10-14-7-3-5-9-16(14)22-17)20-18(21)11-13-6-2-4-8-15(13)19/h2-10,12H,11H2,1H3,(H,20,21)/t12-/m1/s1. The smallest absolute Gasteiger partial charge is 0.225 e. The Hall–Kier alpha value is -2.26. The van der Waals surface area contributed by atoms with Crippen LogP contribution in [0.5, 0.6) is 0 Å². The molecule has 0 radical (unpaired) electrons. The quantitative estimate of drug-likeness (QED) is 0.770. The van der Waals surface area contributed by atoms with E-state index in [0.717, 1.165) is 22.3 Å². The molecule has 1 amide bonds. The molecule has 0 aliphatic rings. The molecule has 3 rings (SSSR count). The molecule has 2 aromatic carbocycles. The van der Waals surface area contributed by atoms with Gasteiger partial charge in [0.25, 0.3) is 0 Å². The first-order valence-corrected chi connectivity index (χ1v) is 7.52. The zero-order valence-electron chi connectivity index (χ0n) is 12.2. The van der Waals surface area contributed by atoms with Crippen LogP contribution in [0.4, 0.5) is 0 Å². The summed E-state index contributed by atoms with van der Waals surface area (Å²) in [6.07, 6.45) is 0.254. The zero-order valence-corrected chi connectivity index (χ0v) is 12.9. The van der Waals surface area contributed by atoms with Gasteiger partial charge in [-0.05, 0) is 30.7 Å². The Morgan fingerprint density at radius 1 is 1.18 bits per heavy atom. The molecule has 0 aliphatic heterocycles. The second-order valence-electron chi connectivity index (χ2n) is 5.24.